The number of carbonyl (C=O) groups excluding carboxylic acids is 2. The molecule has 12 heteroatoms. The van der Waals surface area contributed by atoms with Crippen molar-refractivity contribution >= 4 is 28.7 Å². The molecule has 0 aliphatic carbocycles. The molecule has 2 aromatic heterocycles. The molecule has 0 saturated carbocycles. The maximum absolute atomic E-state index is 13.5. The largest absolute Gasteiger partial charge is 0.437 e. The molecule has 1 unspecified atom stereocenters. The summed E-state index contributed by atoms with van der Waals surface area (Å²) in [6, 6.07) is 13.7. The normalized spacial score (nSPS) is 12.0. The van der Waals surface area contributed by atoms with Crippen LogP contribution in [0.5, 0.6) is 0 Å². The number of alkyl halides is 3. The number of nitrogens with one attached hydrogen (secondary N) is 3. The van der Waals surface area contributed by atoms with E-state index in [1.807, 2.05) is 6.07 Å². The number of nitrogens with zero attached hydrogens (tertiary/aromatic N) is 2. The summed E-state index contributed by atoms with van der Waals surface area (Å²) in [5, 5.41) is 16.4. The molecular formula is C27H21F4N5O3. The van der Waals surface area contributed by atoms with E-state index in [1.165, 1.54) is 62.5 Å². The van der Waals surface area contributed by atoms with Gasteiger partial charge < -0.3 is 20.4 Å². The first-order valence-corrected chi connectivity index (χ1v) is 11.6. The molecule has 200 valence electrons. The predicted molar refractivity (Wildman–Crippen MR) is 135 cm³/mol. The van der Waals surface area contributed by atoms with Gasteiger partial charge in [0.2, 0.25) is 5.71 Å². The van der Waals surface area contributed by atoms with E-state index in [-0.39, 0.29) is 39.4 Å². The second-order valence-electron chi connectivity index (χ2n) is 8.50. The average molecular weight is 539 g/mol. The van der Waals surface area contributed by atoms with Crippen LogP contribution in [0.1, 0.15) is 27.6 Å². The quantitative estimate of drug-likeness (QED) is 0.275. The smallest absolute Gasteiger partial charge is 0.405 e. The van der Waals surface area contributed by atoms with Gasteiger partial charge in [0.1, 0.15) is 30.0 Å². The van der Waals surface area contributed by atoms with E-state index < -0.39 is 36.4 Å². The Morgan fingerprint density at radius 3 is 2.44 bits per heavy atom. The minimum absolute atomic E-state index is 0.0481. The van der Waals surface area contributed by atoms with Gasteiger partial charge >= 0.3 is 6.18 Å². The Balaban J connectivity index is 1.93. The maximum atomic E-state index is 13.5. The van der Waals surface area contributed by atoms with E-state index in [9.17, 15) is 27.2 Å². The number of hydrogen-bond donors (Lipinski definition) is 3. The van der Waals surface area contributed by atoms with Gasteiger partial charge in [-0.05, 0) is 55.0 Å². The van der Waals surface area contributed by atoms with Gasteiger partial charge in [-0.2, -0.15) is 23.4 Å². The summed E-state index contributed by atoms with van der Waals surface area (Å²) < 4.78 is 58.7. The van der Waals surface area contributed by atoms with Crippen LogP contribution >= 0.6 is 0 Å². The summed E-state index contributed by atoms with van der Waals surface area (Å²) in [5.41, 5.74) is 0.905. The topological polar surface area (TPSA) is 120 Å². The number of hydrogen-bond acceptors (Lipinski definition) is 6. The number of amides is 2. The number of pyridine rings is 1. The molecule has 1 atom stereocenters. The number of aromatic nitrogens is 1. The molecule has 0 bridgehead atoms. The molecule has 0 aliphatic rings. The Bertz CT molecular complexity index is 1590. The predicted octanol–water partition coefficient (Wildman–Crippen LogP) is 5.28. The summed E-state index contributed by atoms with van der Waals surface area (Å²) in [7, 11) is 1.40. The molecule has 2 amide bonds. The lowest BCUT2D eigenvalue weighted by Gasteiger charge is -2.14. The first-order chi connectivity index (χ1) is 18.5. The molecule has 0 spiro atoms. The van der Waals surface area contributed by atoms with Crippen molar-refractivity contribution in [2.75, 3.05) is 18.9 Å². The number of benzene rings is 2. The average Bonchev–Trinajstić information content (AvgIpc) is 3.29. The first-order valence-electron chi connectivity index (χ1n) is 11.6. The lowest BCUT2D eigenvalue weighted by atomic mass is 10.00. The third-order valence-electron chi connectivity index (χ3n) is 5.68. The van der Waals surface area contributed by atoms with Gasteiger partial charge in [0.15, 0.2) is 0 Å². The van der Waals surface area contributed by atoms with Crippen molar-refractivity contribution in [3.63, 3.8) is 0 Å². The van der Waals surface area contributed by atoms with Crippen molar-refractivity contribution in [2.45, 2.75) is 19.1 Å². The highest BCUT2D eigenvalue weighted by molar-refractivity contribution is 6.11. The lowest BCUT2D eigenvalue weighted by molar-refractivity contribution is -0.115. The van der Waals surface area contributed by atoms with Crippen LogP contribution in [0.4, 0.5) is 23.4 Å². The number of nitriles is 1. The number of fused-ring (bicyclic) bond motifs is 1. The molecule has 8 nitrogen and oxygen atoms in total. The highest BCUT2D eigenvalue weighted by Crippen LogP contribution is 2.38. The zero-order chi connectivity index (χ0) is 28.3. The van der Waals surface area contributed by atoms with E-state index in [0.717, 1.165) is 0 Å². The SMILES string of the molecule is CNC(=O)c1c(-c2ccc(F)cc2)oc2nc(NCC(F)(F)F)c(-c3cccc(C(=O)NC(C)C#N)c3)cc12. The van der Waals surface area contributed by atoms with E-state index in [2.05, 4.69) is 20.9 Å². The van der Waals surface area contributed by atoms with Gasteiger partial charge in [0.25, 0.3) is 11.8 Å². The molecular weight excluding hydrogens is 518 g/mol. The van der Waals surface area contributed by atoms with Crippen LogP contribution in [-0.4, -0.2) is 42.6 Å². The standard InChI is InChI=1S/C27H21F4N5O3/c1-14(12-32)35-24(37)17-5-3-4-16(10-17)19-11-20-21(25(38)33-2)22(15-6-8-18(28)9-7-15)39-26(20)36-23(19)34-13-27(29,30)31/h3-11,14H,13H2,1-2H3,(H,33,38)(H,34,36)(H,35,37). The Morgan fingerprint density at radius 1 is 1.08 bits per heavy atom. The summed E-state index contributed by atoms with van der Waals surface area (Å²) in [6.45, 7) is 0.0862. The summed E-state index contributed by atoms with van der Waals surface area (Å²) in [4.78, 5) is 29.7. The Morgan fingerprint density at radius 2 is 1.79 bits per heavy atom. The van der Waals surface area contributed by atoms with Gasteiger partial charge in [0, 0.05) is 23.7 Å². The van der Waals surface area contributed by atoms with E-state index >= 15 is 0 Å². The second-order valence-corrected chi connectivity index (χ2v) is 8.50. The van der Waals surface area contributed by atoms with Gasteiger partial charge in [0.05, 0.1) is 17.0 Å². The van der Waals surface area contributed by atoms with Gasteiger partial charge in [-0.15, -0.1) is 0 Å². The van der Waals surface area contributed by atoms with Crippen LogP contribution < -0.4 is 16.0 Å². The zero-order valence-electron chi connectivity index (χ0n) is 20.6. The lowest BCUT2D eigenvalue weighted by Crippen LogP contribution is -2.31. The molecule has 0 fully saturated rings. The van der Waals surface area contributed by atoms with Crippen LogP contribution in [0.2, 0.25) is 0 Å². The van der Waals surface area contributed by atoms with Crippen molar-refractivity contribution in [2.24, 2.45) is 0 Å². The monoisotopic (exact) mass is 539 g/mol. The summed E-state index contributed by atoms with van der Waals surface area (Å²) in [6.07, 6.45) is -4.57. The molecule has 39 heavy (non-hydrogen) atoms. The molecule has 0 saturated heterocycles. The third-order valence-corrected chi connectivity index (χ3v) is 5.68. The fraction of sp³-hybridized carbons (Fsp3) is 0.185. The van der Waals surface area contributed by atoms with E-state index in [0.29, 0.717) is 11.1 Å². The van der Waals surface area contributed by atoms with Crippen LogP contribution in [0.15, 0.2) is 59.0 Å². The molecule has 0 radical (unpaired) electrons. The third kappa shape index (κ3) is 5.98. The van der Waals surface area contributed by atoms with Crippen LogP contribution in [0.3, 0.4) is 0 Å². The minimum Gasteiger partial charge on any atom is -0.437 e. The highest BCUT2D eigenvalue weighted by atomic mass is 19.4. The second kappa shape index (κ2) is 10.8. The van der Waals surface area contributed by atoms with Crippen molar-refractivity contribution < 1.29 is 31.6 Å². The highest BCUT2D eigenvalue weighted by Gasteiger charge is 2.29. The van der Waals surface area contributed by atoms with E-state index in [1.54, 1.807) is 6.07 Å². The molecule has 4 aromatic rings. The van der Waals surface area contributed by atoms with E-state index in [4.69, 9.17) is 9.68 Å². The summed E-state index contributed by atoms with van der Waals surface area (Å²) in [5.74, 6) is -1.78. The van der Waals surface area contributed by atoms with Crippen molar-refractivity contribution in [3.05, 3.63) is 71.5 Å². The van der Waals surface area contributed by atoms with Crippen LogP contribution in [-0.2, 0) is 0 Å². The maximum Gasteiger partial charge on any atom is 0.405 e. The fourth-order valence-corrected chi connectivity index (χ4v) is 3.86. The Labute approximate surface area is 219 Å². The molecule has 4 rings (SSSR count). The van der Waals surface area contributed by atoms with Crippen molar-refractivity contribution in [1.82, 2.24) is 15.6 Å². The van der Waals surface area contributed by atoms with Gasteiger partial charge in [-0.3, -0.25) is 9.59 Å². The minimum atomic E-state index is -4.57. The van der Waals surface area contributed by atoms with Crippen molar-refractivity contribution in [3.8, 4) is 28.5 Å². The number of carbonyl (C=O) groups is 2. The van der Waals surface area contributed by atoms with Crippen LogP contribution in [0, 0.1) is 17.1 Å². The number of rotatable bonds is 7. The Kier molecular flexibility index (Phi) is 7.53. The van der Waals surface area contributed by atoms with Gasteiger partial charge in [-0.1, -0.05) is 12.1 Å². The fourth-order valence-electron chi connectivity index (χ4n) is 3.86. The first kappa shape index (κ1) is 27.1. The number of furan rings is 1. The Hall–Kier alpha value is -4.92. The number of halogens is 4. The van der Waals surface area contributed by atoms with Crippen molar-refractivity contribution in [1.29, 1.82) is 5.26 Å². The molecule has 2 heterocycles. The molecule has 2 aromatic carbocycles. The number of anilines is 1. The zero-order valence-corrected chi connectivity index (χ0v) is 20.6. The van der Waals surface area contributed by atoms with Crippen LogP contribution in [0.25, 0.3) is 33.6 Å². The van der Waals surface area contributed by atoms with Gasteiger partial charge in [-0.25, -0.2) is 4.39 Å². The molecule has 3 N–H and O–H groups in total. The summed E-state index contributed by atoms with van der Waals surface area (Å²) >= 11 is 0. The molecule has 0 aliphatic heterocycles.